The number of hydrogen-bond donors (Lipinski definition) is 1. The monoisotopic (exact) mass is 365 g/mol. The number of hydroxylamine groups is 1. The lowest BCUT2D eigenvalue weighted by Crippen LogP contribution is -2.32. The van der Waals surface area contributed by atoms with Crippen molar-refractivity contribution in [1.29, 1.82) is 0 Å². The molecule has 1 N–H and O–H groups in total. The molecule has 4 heteroatoms. The molecular formula is C22H39NO3. The molecule has 0 aromatic carbocycles. The predicted molar refractivity (Wildman–Crippen MR) is 108 cm³/mol. The van der Waals surface area contributed by atoms with Gasteiger partial charge in [0.1, 0.15) is 0 Å². The van der Waals surface area contributed by atoms with Gasteiger partial charge in [-0.05, 0) is 45.4 Å². The Morgan fingerprint density at radius 2 is 1.54 bits per heavy atom. The number of rotatable bonds is 15. The van der Waals surface area contributed by atoms with Gasteiger partial charge in [0.05, 0.1) is 0 Å². The van der Waals surface area contributed by atoms with Crippen LogP contribution in [-0.2, 0) is 14.4 Å². The van der Waals surface area contributed by atoms with Crippen LogP contribution in [0, 0.1) is 5.92 Å². The summed E-state index contributed by atoms with van der Waals surface area (Å²) >= 11 is 0. The van der Waals surface area contributed by atoms with Crippen molar-refractivity contribution in [2.24, 2.45) is 5.92 Å². The summed E-state index contributed by atoms with van der Waals surface area (Å²) in [4.78, 5) is 28.0. The van der Waals surface area contributed by atoms with Crippen molar-refractivity contribution in [3.8, 4) is 0 Å². The third-order valence-corrected chi connectivity index (χ3v) is 4.52. The first-order valence-electron chi connectivity index (χ1n) is 10.3. The normalized spacial score (nSPS) is 12.1. The standard InChI is InChI=1S/C22H39NO3/c1-5-7-8-9-10-11-12-13-14-15-16-17-18-20(6-2)21(24)23-26-22(25)19(3)4/h11-12,20H,3,5-10,13-18H2,1-2,4H3,(H,23,24). The van der Waals surface area contributed by atoms with Crippen molar-refractivity contribution in [1.82, 2.24) is 5.48 Å². The molecule has 0 rings (SSSR count). The van der Waals surface area contributed by atoms with Crippen LogP contribution in [0.25, 0.3) is 0 Å². The molecule has 0 aliphatic carbocycles. The number of carbonyl (C=O) groups is 2. The molecule has 0 bridgehead atoms. The summed E-state index contributed by atoms with van der Waals surface area (Å²) in [7, 11) is 0. The molecule has 0 aliphatic heterocycles. The number of carbonyl (C=O) groups excluding carboxylic acids is 2. The zero-order chi connectivity index (χ0) is 19.6. The first-order valence-corrected chi connectivity index (χ1v) is 10.3. The minimum atomic E-state index is -0.591. The van der Waals surface area contributed by atoms with Crippen molar-refractivity contribution in [3.63, 3.8) is 0 Å². The van der Waals surface area contributed by atoms with Gasteiger partial charge in [-0.15, -0.1) is 0 Å². The molecule has 1 unspecified atom stereocenters. The van der Waals surface area contributed by atoms with E-state index >= 15 is 0 Å². The Balaban J connectivity index is 3.67. The quantitative estimate of drug-likeness (QED) is 0.167. The van der Waals surface area contributed by atoms with Crippen molar-refractivity contribution >= 4 is 11.9 Å². The van der Waals surface area contributed by atoms with Crippen LogP contribution >= 0.6 is 0 Å². The highest BCUT2D eigenvalue weighted by Gasteiger charge is 2.17. The average Bonchev–Trinajstić information content (AvgIpc) is 2.63. The fraction of sp³-hybridized carbons (Fsp3) is 0.727. The summed E-state index contributed by atoms with van der Waals surface area (Å²) in [5.41, 5.74) is 2.52. The molecule has 0 aliphatic rings. The van der Waals surface area contributed by atoms with Gasteiger partial charge in [0, 0.05) is 11.5 Å². The second-order valence-corrected chi connectivity index (χ2v) is 7.05. The average molecular weight is 366 g/mol. The Hall–Kier alpha value is -1.58. The Morgan fingerprint density at radius 1 is 0.962 bits per heavy atom. The van der Waals surface area contributed by atoms with E-state index < -0.39 is 5.97 Å². The number of amides is 1. The van der Waals surface area contributed by atoms with Gasteiger partial charge in [-0.3, -0.25) is 4.79 Å². The smallest absolute Gasteiger partial charge is 0.336 e. The summed E-state index contributed by atoms with van der Waals surface area (Å²) in [6.45, 7) is 9.25. The molecule has 0 saturated heterocycles. The van der Waals surface area contributed by atoms with Gasteiger partial charge in [-0.1, -0.05) is 71.1 Å². The van der Waals surface area contributed by atoms with E-state index in [9.17, 15) is 9.59 Å². The number of unbranched alkanes of at least 4 members (excludes halogenated alkanes) is 8. The molecule has 0 spiro atoms. The van der Waals surface area contributed by atoms with Crippen molar-refractivity contribution in [3.05, 3.63) is 24.3 Å². The Morgan fingerprint density at radius 3 is 2.08 bits per heavy atom. The topological polar surface area (TPSA) is 55.4 Å². The Labute approximate surface area is 160 Å². The van der Waals surface area contributed by atoms with Crippen LogP contribution in [0.4, 0.5) is 0 Å². The molecular weight excluding hydrogens is 326 g/mol. The lowest BCUT2D eigenvalue weighted by atomic mass is 9.97. The highest BCUT2D eigenvalue weighted by Crippen LogP contribution is 2.15. The fourth-order valence-electron chi connectivity index (χ4n) is 2.72. The van der Waals surface area contributed by atoms with Gasteiger partial charge in [0.25, 0.3) is 5.91 Å². The lowest BCUT2D eigenvalue weighted by molar-refractivity contribution is -0.156. The number of hydrogen-bond acceptors (Lipinski definition) is 3. The molecule has 0 saturated carbocycles. The van der Waals surface area contributed by atoms with Gasteiger partial charge in [0.2, 0.25) is 0 Å². The van der Waals surface area contributed by atoms with E-state index in [1.807, 2.05) is 6.92 Å². The van der Waals surface area contributed by atoms with Crippen LogP contribution < -0.4 is 5.48 Å². The Bertz CT molecular complexity index is 429. The van der Waals surface area contributed by atoms with Crippen LogP contribution in [0.3, 0.4) is 0 Å². The minimum absolute atomic E-state index is 0.101. The molecule has 4 nitrogen and oxygen atoms in total. The molecule has 1 atom stereocenters. The van der Waals surface area contributed by atoms with E-state index in [0.717, 1.165) is 32.1 Å². The predicted octanol–water partition coefficient (Wildman–Crippen LogP) is 6.03. The summed E-state index contributed by atoms with van der Waals surface area (Å²) in [6.07, 6.45) is 18.5. The number of nitrogens with one attached hydrogen (secondary N) is 1. The third-order valence-electron chi connectivity index (χ3n) is 4.52. The van der Waals surface area contributed by atoms with Gasteiger partial charge < -0.3 is 4.84 Å². The zero-order valence-electron chi connectivity index (χ0n) is 17.1. The van der Waals surface area contributed by atoms with Crippen LogP contribution in [-0.4, -0.2) is 11.9 Å². The maximum absolute atomic E-state index is 12.0. The summed E-state index contributed by atoms with van der Waals surface area (Å²) in [6, 6.07) is 0. The summed E-state index contributed by atoms with van der Waals surface area (Å²) in [5.74, 6) is -0.907. The van der Waals surface area contributed by atoms with E-state index in [4.69, 9.17) is 4.84 Å². The molecule has 150 valence electrons. The van der Waals surface area contributed by atoms with Gasteiger partial charge >= 0.3 is 5.97 Å². The van der Waals surface area contributed by atoms with Crippen molar-refractivity contribution in [2.75, 3.05) is 0 Å². The molecule has 0 radical (unpaired) electrons. The second kappa shape index (κ2) is 16.9. The largest absolute Gasteiger partial charge is 0.358 e. The first kappa shape index (κ1) is 24.4. The highest BCUT2D eigenvalue weighted by atomic mass is 16.7. The second-order valence-electron chi connectivity index (χ2n) is 7.05. The van der Waals surface area contributed by atoms with Gasteiger partial charge in [0.15, 0.2) is 0 Å². The molecule has 0 heterocycles. The van der Waals surface area contributed by atoms with Crippen LogP contribution in [0.5, 0.6) is 0 Å². The van der Waals surface area contributed by atoms with E-state index in [1.165, 1.54) is 44.9 Å². The van der Waals surface area contributed by atoms with E-state index in [2.05, 4.69) is 31.1 Å². The third kappa shape index (κ3) is 13.7. The Kier molecular flexibility index (Phi) is 15.8. The molecule has 0 aromatic rings. The van der Waals surface area contributed by atoms with Crippen molar-refractivity contribution < 1.29 is 14.4 Å². The number of allylic oxidation sites excluding steroid dienone is 2. The molecule has 0 fully saturated rings. The minimum Gasteiger partial charge on any atom is -0.336 e. The maximum Gasteiger partial charge on any atom is 0.358 e. The molecule has 26 heavy (non-hydrogen) atoms. The van der Waals surface area contributed by atoms with E-state index in [-0.39, 0.29) is 17.4 Å². The SMILES string of the molecule is C=C(C)C(=O)ONC(=O)C(CC)CCCCCCC=CCCCCCC. The molecule has 1 amide bonds. The van der Waals surface area contributed by atoms with Gasteiger partial charge in [-0.2, -0.15) is 5.48 Å². The van der Waals surface area contributed by atoms with Crippen molar-refractivity contribution in [2.45, 2.75) is 97.8 Å². The lowest BCUT2D eigenvalue weighted by Gasteiger charge is -2.14. The van der Waals surface area contributed by atoms with Crippen LogP contribution in [0.15, 0.2) is 24.3 Å². The van der Waals surface area contributed by atoms with E-state index in [0.29, 0.717) is 0 Å². The maximum atomic E-state index is 12.0. The van der Waals surface area contributed by atoms with Crippen LogP contribution in [0.2, 0.25) is 0 Å². The summed E-state index contributed by atoms with van der Waals surface area (Å²) in [5, 5.41) is 0. The zero-order valence-corrected chi connectivity index (χ0v) is 17.1. The highest BCUT2D eigenvalue weighted by molar-refractivity contribution is 5.88. The van der Waals surface area contributed by atoms with E-state index in [1.54, 1.807) is 6.92 Å². The summed E-state index contributed by atoms with van der Waals surface area (Å²) < 4.78 is 0. The molecule has 0 aromatic heterocycles. The first-order chi connectivity index (χ1) is 12.5. The van der Waals surface area contributed by atoms with Gasteiger partial charge in [-0.25, -0.2) is 4.79 Å². The van der Waals surface area contributed by atoms with Crippen LogP contribution in [0.1, 0.15) is 97.8 Å². The fourth-order valence-corrected chi connectivity index (χ4v) is 2.72.